The Morgan fingerprint density at radius 1 is 1.11 bits per heavy atom. The maximum atomic E-state index is 15.3. The molecule has 1 aromatic carbocycles. The fourth-order valence-corrected chi connectivity index (χ4v) is 3.84. The number of allylic oxidation sites excluding steroid dienone is 1. The van der Waals surface area contributed by atoms with Crippen LogP contribution in [0.1, 0.15) is 18.2 Å². The molecule has 2 amide bonds. The number of methoxy groups -OCH3 is 2. The van der Waals surface area contributed by atoms with Crippen LogP contribution in [-0.2, 0) is 6.54 Å². The minimum absolute atomic E-state index is 0.131. The van der Waals surface area contributed by atoms with E-state index in [1.54, 1.807) is 26.2 Å². The number of nitrogens with zero attached hydrogens (tertiary/aromatic N) is 5. The van der Waals surface area contributed by atoms with Gasteiger partial charge in [-0.2, -0.15) is 0 Å². The number of hydrogen-bond donors (Lipinski definition) is 2. The Bertz CT molecular complexity index is 1340. The smallest absolute Gasteiger partial charge is 0.335 e. The van der Waals surface area contributed by atoms with Crippen LogP contribution in [0.3, 0.4) is 0 Å². The number of carbonyl (C=O) groups excluding carboxylic acids is 1. The van der Waals surface area contributed by atoms with E-state index in [1.807, 2.05) is 0 Å². The van der Waals surface area contributed by atoms with Gasteiger partial charge >= 0.3 is 6.03 Å². The summed E-state index contributed by atoms with van der Waals surface area (Å²) in [5, 5.41) is 11.0. The molecule has 1 aliphatic rings. The van der Waals surface area contributed by atoms with Crippen molar-refractivity contribution in [2.45, 2.75) is 13.5 Å². The topological polar surface area (TPSA) is 117 Å². The van der Waals surface area contributed by atoms with Crippen molar-refractivity contribution in [2.24, 2.45) is 0 Å². The summed E-state index contributed by atoms with van der Waals surface area (Å²) in [5.41, 5.74) is 1.41. The van der Waals surface area contributed by atoms with Crippen LogP contribution in [0.4, 0.5) is 30.8 Å². The number of carbonyl (C=O) groups is 1. The van der Waals surface area contributed by atoms with Crippen molar-refractivity contribution in [2.75, 3.05) is 31.1 Å². The third kappa shape index (κ3) is 4.17. The van der Waals surface area contributed by atoms with Crippen LogP contribution in [-0.4, -0.2) is 48.0 Å². The van der Waals surface area contributed by atoms with Crippen LogP contribution in [0.25, 0.3) is 5.57 Å². The molecule has 3 heterocycles. The number of benzene rings is 1. The van der Waals surface area contributed by atoms with Gasteiger partial charge in [0.15, 0.2) is 29.0 Å². The predicted molar refractivity (Wildman–Crippen MR) is 130 cm³/mol. The fourth-order valence-electron chi connectivity index (χ4n) is 3.84. The normalized spacial score (nSPS) is 13.4. The zero-order valence-electron chi connectivity index (χ0n) is 20.0. The highest BCUT2D eigenvalue weighted by Gasteiger charge is 2.38. The number of halogens is 2. The summed E-state index contributed by atoms with van der Waals surface area (Å²) in [6.07, 6.45) is 7.30. The Morgan fingerprint density at radius 2 is 1.81 bits per heavy atom. The van der Waals surface area contributed by atoms with Gasteiger partial charge in [-0.1, -0.05) is 0 Å². The van der Waals surface area contributed by atoms with Crippen molar-refractivity contribution in [3.63, 3.8) is 0 Å². The van der Waals surface area contributed by atoms with Crippen LogP contribution in [0.5, 0.6) is 11.5 Å². The zero-order chi connectivity index (χ0) is 26.0. The average molecular weight is 495 g/mol. The summed E-state index contributed by atoms with van der Waals surface area (Å²) in [6.45, 7) is 1.41. The third-order valence-corrected chi connectivity index (χ3v) is 5.52. The number of urea groups is 1. The van der Waals surface area contributed by atoms with E-state index in [0.717, 1.165) is 11.0 Å². The summed E-state index contributed by atoms with van der Waals surface area (Å²) >= 11 is 0. The molecule has 0 fully saturated rings. The predicted octanol–water partition coefficient (Wildman–Crippen LogP) is 4.05. The quantitative estimate of drug-likeness (QED) is 0.475. The molecule has 0 aliphatic carbocycles. The van der Waals surface area contributed by atoms with E-state index in [1.165, 1.54) is 43.9 Å². The highest BCUT2D eigenvalue weighted by atomic mass is 19.1. The number of aromatic nitrogens is 3. The van der Waals surface area contributed by atoms with Gasteiger partial charge in [0.25, 0.3) is 0 Å². The summed E-state index contributed by atoms with van der Waals surface area (Å²) in [7, 11) is 4.15. The molecule has 0 saturated carbocycles. The first kappa shape index (κ1) is 24.5. The van der Waals surface area contributed by atoms with Gasteiger partial charge in [-0.15, -0.1) is 0 Å². The van der Waals surface area contributed by atoms with Crippen molar-refractivity contribution in [3.05, 3.63) is 66.0 Å². The second kappa shape index (κ2) is 9.94. The highest BCUT2D eigenvalue weighted by Crippen LogP contribution is 2.42. The number of ether oxygens (including phenoxy) is 2. The van der Waals surface area contributed by atoms with Crippen molar-refractivity contribution in [3.8, 4) is 11.5 Å². The van der Waals surface area contributed by atoms with E-state index in [2.05, 4.69) is 20.3 Å². The van der Waals surface area contributed by atoms with Crippen LogP contribution < -0.4 is 24.6 Å². The second-order valence-corrected chi connectivity index (χ2v) is 7.70. The highest BCUT2D eigenvalue weighted by molar-refractivity contribution is 6.21. The van der Waals surface area contributed by atoms with Crippen molar-refractivity contribution in [1.29, 1.82) is 5.41 Å². The lowest BCUT2D eigenvalue weighted by molar-refractivity contribution is 0.251. The number of pyridine rings is 1. The van der Waals surface area contributed by atoms with E-state index in [0.29, 0.717) is 22.5 Å². The molecule has 12 heteroatoms. The Hall–Kier alpha value is -4.61. The molecule has 0 spiro atoms. The zero-order valence-corrected chi connectivity index (χ0v) is 20.0. The Morgan fingerprint density at radius 3 is 2.36 bits per heavy atom. The van der Waals surface area contributed by atoms with E-state index < -0.39 is 23.4 Å². The summed E-state index contributed by atoms with van der Waals surface area (Å²) in [4.78, 5) is 28.6. The molecule has 0 unspecified atom stereocenters. The van der Waals surface area contributed by atoms with Gasteiger partial charge in [-0.25, -0.2) is 23.5 Å². The molecule has 186 valence electrons. The molecule has 10 nitrogen and oxygen atoms in total. The molecular weight excluding hydrogens is 472 g/mol. The third-order valence-electron chi connectivity index (χ3n) is 5.52. The number of rotatable bonds is 7. The van der Waals surface area contributed by atoms with Crippen molar-refractivity contribution in [1.82, 2.24) is 20.3 Å². The van der Waals surface area contributed by atoms with Crippen LogP contribution in [0.15, 0.2) is 43.1 Å². The van der Waals surface area contributed by atoms with Crippen molar-refractivity contribution >= 4 is 34.5 Å². The lowest BCUT2D eigenvalue weighted by atomic mass is 10.0. The van der Waals surface area contributed by atoms with Gasteiger partial charge < -0.3 is 20.2 Å². The Labute approximate surface area is 205 Å². The molecular formula is C24H23F2N7O3. The molecule has 3 aromatic rings. The minimum Gasteiger partial charge on any atom is -0.493 e. The minimum atomic E-state index is -1.06. The van der Waals surface area contributed by atoms with Crippen LogP contribution in [0.2, 0.25) is 0 Å². The molecule has 1 aliphatic heterocycles. The van der Waals surface area contributed by atoms with Crippen LogP contribution >= 0.6 is 0 Å². The van der Waals surface area contributed by atoms with Gasteiger partial charge in [-0.3, -0.25) is 14.9 Å². The number of fused-ring (bicyclic) bond motifs is 1. The monoisotopic (exact) mass is 495 g/mol. The molecule has 0 atom stereocenters. The number of hydrogen-bond acceptors (Lipinski definition) is 8. The van der Waals surface area contributed by atoms with Gasteiger partial charge in [0.1, 0.15) is 5.69 Å². The number of anilines is 3. The Kier molecular flexibility index (Phi) is 6.77. The summed E-state index contributed by atoms with van der Waals surface area (Å²) in [6, 6.07) is 1.92. The molecule has 4 rings (SSSR count). The van der Waals surface area contributed by atoms with Gasteiger partial charge in [0.05, 0.1) is 38.3 Å². The summed E-state index contributed by atoms with van der Waals surface area (Å²) in [5.74, 6) is -2.56. The maximum Gasteiger partial charge on any atom is 0.335 e. The number of amides is 2. The maximum absolute atomic E-state index is 15.3. The molecule has 36 heavy (non-hydrogen) atoms. The first-order chi connectivity index (χ1) is 17.3. The van der Waals surface area contributed by atoms with E-state index in [-0.39, 0.29) is 29.6 Å². The van der Waals surface area contributed by atoms with Gasteiger partial charge in [-0.05, 0) is 13.0 Å². The standard InChI is InChI=1S/C24H23F2N7O3/c1-13(27)15(10-28-2)16-7-17-14(9-31-16)12-32(24(34)33(17)20-11-29-5-6-30-20)23-21(25)18(35-3)8-19(36-4)22(23)26/h5-11,27-28H,12H2,1-4H3/b15-10+,27-13?. The lowest BCUT2D eigenvalue weighted by Gasteiger charge is -2.36. The van der Waals surface area contributed by atoms with Gasteiger partial charge in [0.2, 0.25) is 0 Å². The largest absolute Gasteiger partial charge is 0.493 e. The second-order valence-electron chi connectivity index (χ2n) is 7.70. The SMILES string of the molecule is CN/C=C(\C(C)=N)c1cc2c(cn1)CN(c1c(F)c(OC)cc(OC)c1F)C(=O)N2c1cnccn1. The lowest BCUT2D eigenvalue weighted by Crippen LogP contribution is -2.46. The first-order valence-corrected chi connectivity index (χ1v) is 10.7. The molecule has 0 saturated heterocycles. The van der Waals surface area contributed by atoms with Crippen molar-refractivity contribution < 1.29 is 23.0 Å². The van der Waals surface area contributed by atoms with Crippen LogP contribution in [0, 0.1) is 17.0 Å². The van der Waals surface area contributed by atoms with E-state index >= 15 is 8.78 Å². The molecule has 2 N–H and O–H groups in total. The molecule has 2 aromatic heterocycles. The fraction of sp³-hybridized carbons (Fsp3) is 0.208. The number of nitrogens with one attached hydrogen (secondary N) is 2. The van der Waals surface area contributed by atoms with E-state index in [4.69, 9.17) is 14.9 Å². The summed E-state index contributed by atoms with van der Waals surface area (Å²) < 4.78 is 40.8. The average Bonchev–Trinajstić information content (AvgIpc) is 2.88. The molecule has 0 bridgehead atoms. The Balaban J connectivity index is 1.94. The van der Waals surface area contributed by atoms with Gasteiger partial charge in [0, 0.05) is 54.8 Å². The van der Waals surface area contributed by atoms with E-state index in [9.17, 15) is 4.79 Å². The molecule has 0 radical (unpaired) electrons. The first-order valence-electron chi connectivity index (χ1n) is 10.7.